The van der Waals surface area contributed by atoms with Crippen molar-refractivity contribution in [3.05, 3.63) is 59.2 Å². The minimum Gasteiger partial charge on any atom is -0.487 e. The molecule has 224 valence electrons. The van der Waals surface area contributed by atoms with Crippen LogP contribution in [0.4, 0.5) is 8.78 Å². The minimum atomic E-state index is -0.753. The lowest BCUT2D eigenvalue weighted by molar-refractivity contribution is 0.00892. The molecule has 0 spiro atoms. The van der Waals surface area contributed by atoms with E-state index < -0.39 is 12.2 Å². The minimum absolute atomic E-state index is 0. The fourth-order valence-corrected chi connectivity index (χ4v) is 4.16. The van der Waals surface area contributed by atoms with Crippen molar-refractivity contribution in [1.29, 1.82) is 5.41 Å². The molecule has 2 heterocycles. The normalized spacial score (nSPS) is 18.2. The number of nitrogens with one attached hydrogen (secondary N) is 2. The Morgan fingerprint density at radius 3 is 1.73 bits per heavy atom. The van der Waals surface area contributed by atoms with E-state index in [4.69, 9.17) is 26.4 Å². The molecule has 0 bridgehead atoms. The third-order valence-electron chi connectivity index (χ3n) is 6.22. The number of nitrogens with zero attached hydrogens (tertiary/aromatic N) is 2. The molecule has 14 heteroatoms. The molecule has 4 atom stereocenters. The van der Waals surface area contributed by atoms with Gasteiger partial charge in [-0.2, -0.15) is 4.99 Å². The number of aliphatic hydroxyl groups excluding tert-OH is 2. The molecule has 2 aromatic carbocycles. The van der Waals surface area contributed by atoms with Gasteiger partial charge in [-0.1, -0.05) is 0 Å². The van der Waals surface area contributed by atoms with Crippen molar-refractivity contribution in [2.24, 2.45) is 16.5 Å². The van der Waals surface area contributed by atoms with Crippen molar-refractivity contribution in [3.63, 3.8) is 0 Å². The van der Waals surface area contributed by atoms with Crippen LogP contribution in [0.15, 0.2) is 41.4 Å². The number of rotatable bonds is 6. The summed E-state index contributed by atoms with van der Waals surface area (Å²) in [6, 6.07) is 8.79. The third kappa shape index (κ3) is 10.3. The van der Waals surface area contributed by atoms with E-state index >= 15 is 0 Å². The Hall–Kier alpha value is -2.90. The molecular weight excluding hydrogens is 569 g/mol. The monoisotopic (exact) mass is 606 g/mol. The molecule has 0 unspecified atom stereocenters. The van der Waals surface area contributed by atoms with Crippen LogP contribution in [0.1, 0.15) is 24.0 Å². The largest absolute Gasteiger partial charge is 0.487 e. The number of benzene rings is 2. The highest BCUT2D eigenvalue weighted by Gasteiger charge is 2.29. The van der Waals surface area contributed by atoms with Gasteiger partial charge in [0.05, 0.1) is 0 Å². The average Bonchev–Trinajstić information content (AvgIpc) is 2.87. The van der Waals surface area contributed by atoms with Gasteiger partial charge < -0.3 is 41.4 Å². The van der Waals surface area contributed by atoms with E-state index in [0.717, 1.165) is 11.1 Å². The number of hydrogen-bond donors (Lipinski definition) is 6. The summed E-state index contributed by atoms with van der Waals surface area (Å²) in [5, 5.41) is 31.0. The summed E-state index contributed by atoms with van der Waals surface area (Å²) in [7, 11) is 3.38. The Balaban J connectivity index is 0.000000633. The molecule has 2 aliphatic heterocycles. The zero-order chi connectivity index (χ0) is 27.8. The lowest BCUT2D eigenvalue weighted by Gasteiger charge is -2.31. The van der Waals surface area contributed by atoms with Crippen LogP contribution >= 0.6 is 24.8 Å². The molecular formula is C26H38Cl2F2N6O4. The zero-order valence-electron chi connectivity index (χ0n) is 22.3. The first-order chi connectivity index (χ1) is 18.0. The highest BCUT2D eigenvalue weighted by atomic mass is 35.5. The van der Waals surface area contributed by atoms with Crippen molar-refractivity contribution in [3.8, 4) is 11.5 Å². The fraction of sp³-hybridized carbons (Fsp3) is 0.462. The molecule has 0 saturated carbocycles. The van der Waals surface area contributed by atoms with E-state index in [9.17, 15) is 19.0 Å². The maximum atomic E-state index is 13.3. The highest BCUT2D eigenvalue weighted by Crippen LogP contribution is 2.30. The van der Waals surface area contributed by atoms with Crippen molar-refractivity contribution in [2.75, 3.05) is 27.2 Å². The van der Waals surface area contributed by atoms with Gasteiger partial charge in [-0.15, -0.1) is 24.8 Å². The molecule has 0 radical (unpaired) electrons. The maximum absolute atomic E-state index is 13.3. The Bertz CT molecular complexity index is 1070. The van der Waals surface area contributed by atoms with Gasteiger partial charge in [-0.3, -0.25) is 5.41 Å². The van der Waals surface area contributed by atoms with Crippen LogP contribution < -0.4 is 26.3 Å². The van der Waals surface area contributed by atoms with Crippen LogP contribution in [-0.2, 0) is 12.8 Å². The van der Waals surface area contributed by atoms with Gasteiger partial charge in [-0.25, -0.2) is 8.78 Å². The summed E-state index contributed by atoms with van der Waals surface area (Å²) in [5.74, 6) is 0.586. The van der Waals surface area contributed by atoms with Crippen molar-refractivity contribution >= 4 is 36.7 Å². The van der Waals surface area contributed by atoms with Crippen LogP contribution in [0, 0.1) is 17.0 Å². The SMILES string of the molecule is CN(C)C(=N)N=C(N)N.Cl.Cl.O[C@@H](CNC[C@H](O)[C@H]1CCc2cc(F)ccc2O1)[C@@H]1CCc2cc(F)ccc2O1. The molecule has 2 aliphatic rings. The molecule has 10 nitrogen and oxygen atoms in total. The number of fused-ring (bicyclic) bond motifs is 2. The first kappa shape index (κ1) is 35.1. The Kier molecular flexibility index (Phi) is 14.4. The zero-order valence-corrected chi connectivity index (χ0v) is 24.0. The second-order valence-corrected chi connectivity index (χ2v) is 9.44. The lowest BCUT2D eigenvalue weighted by atomic mass is 9.98. The molecule has 40 heavy (non-hydrogen) atoms. The summed E-state index contributed by atoms with van der Waals surface area (Å²) in [5.41, 5.74) is 11.6. The average molecular weight is 608 g/mol. The number of ether oxygens (including phenoxy) is 2. The first-order valence-corrected chi connectivity index (χ1v) is 12.4. The van der Waals surface area contributed by atoms with Crippen LogP contribution in [0.2, 0.25) is 0 Å². The van der Waals surface area contributed by atoms with E-state index in [-0.39, 0.29) is 73.7 Å². The second kappa shape index (κ2) is 16.4. The summed E-state index contributed by atoms with van der Waals surface area (Å²) >= 11 is 0. The van der Waals surface area contributed by atoms with E-state index in [0.29, 0.717) is 37.2 Å². The molecule has 4 rings (SSSR count). The van der Waals surface area contributed by atoms with Crippen molar-refractivity contribution in [2.45, 2.75) is 50.1 Å². The van der Waals surface area contributed by atoms with Crippen LogP contribution in [0.25, 0.3) is 0 Å². The van der Waals surface area contributed by atoms with Gasteiger partial charge >= 0.3 is 0 Å². The smallest absolute Gasteiger partial charge is 0.220 e. The van der Waals surface area contributed by atoms with Gasteiger partial charge in [0.25, 0.3) is 0 Å². The van der Waals surface area contributed by atoms with Crippen LogP contribution in [0.3, 0.4) is 0 Å². The predicted octanol–water partition coefficient (Wildman–Crippen LogP) is 1.96. The Labute approximate surface area is 245 Å². The number of hydrogen-bond acceptors (Lipinski definition) is 6. The Morgan fingerprint density at radius 1 is 0.950 bits per heavy atom. The summed E-state index contributed by atoms with van der Waals surface area (Å²) in [4.78, 5) is 4.96. The van der Waals surface area contributed by atoms with E-state index in [2.05, 4.69) is 10.3 Å². The third-order valence-corrected chi connectivity index (χ3v) is 6.22. The number of aliphatic hydroxyl groups is 2. The Morgan fingerprint density at radius 2 is 1.38 bits per heavy atom. The lowest BCUT2D eigenvalue weighted by Crippen LogP contribution is -2.46. The standard InChI is InChI=1S/C22H25F2NO4.C4H11N5.2ClH/c23-15-3-7-19-13(9-15)1-5-21(28-19)17(26)11-25-12-18(27)22-6-2-14-10-16(24)4-8-20(14)29-22;1-9(2)4(7)8-3(5)6;;/h3-4,7-10,17-18,21-22,25-27H,1-2,5-6,11-12H2;1-2H3,(H5,5,6,7,8);2*1H/t17-,18-,21-,22+;;;/m0.../s1. The van der Waals surface area contributed by atoms with E-state index in [1.165, 1.54) is 29.2 Å². The maximum Gasteiger partial charge on any atom is 0.220 e. The predicted molar refractivity (Wildman–Crippen MR) is 155 cm³/mol. The molecule has 0 fully saturated rings. The van der Waals surface area contributed by atoms with Crippen LogP contribution in [-0.4, -0.2) is 78.6 Å². The van der Waals surface area contributed by atoms with Gasteiger partial charge in [0.15, 0.2) is 5.96 Å². The summed E-state index contributed by atoms with van der Waals surface area (Å²) < 4.78 is 38.2. The van der Waals surface area contributed by atoms with Crippen LogP contribution in [0.5, 0.6) is 11.5 Å². The molecule has 0 aromatic heterocycles. The quantitative estimate of drug-likeness (QED) is 0.215. The van der Waals surface area contributed by atoms with E-state index in [1.54, 1.807) is 26.2 Å². The molecule has 8 N–H and O–H groups in total. The number of aliphatic imine (C=N–C) groups is 1. The van der Waals surface area contributed by atoms with Crippen molar-refractivity contribution in [1.82, 2.24) is 10.2 Å². The number of guanidine groups is 2. The summed E-state index contributed by atoms with van der Waals surface area (Å²) in [6.45, 7) is 0.513. The first-order valence-electron chi connectivity index (χ1n) is 12.4. The summed E-state index contributed by atoms with van der Waals surface area (Å²) in [6.07, 6.45) is 0.214. The van der Waals surface area contributed by atoms with Gasteiger partial charge in [0, 0.05) is 27.2 Å². The fourth-order valence-electron chi connectivity index (χ4n) is 4.16. The van der Waals surface area contributed by atoms with Gasteiger partial charge in [0.1, 0.15) is 47.5 Å². The molecule has 0 saturated heterocycles. The molecule has 0 aliphatic carbocycles. The topological polar surface area (TPSA) is 162 Å². The number of halogens is 4. The number of aryl methyl sites for hydroxylation is 2. The molecule has 2 aromatic rings. The van der Waals surface area contributed by atoms with Crippen molar-refractivity contribution < 1.29 is 28.5 Å². The van der Waals surface area contributed by atoms with Gasteiger partial charge in [0.2, 0.25) is 5.96 Å². The molecule has 0 amide bonds. The number of nitrogens with two attached hydrogens (primary N) is 2. The highest BCUT2D eigenvalue weighted by molar-refractivity contribution is 5.91. The van der Waals surface area contributed by atoms with E-state index in [1.807, 2.05) is 0 Å². The van der Waals surface area contributed by atoms with Gasteiger partial charge in [-0.05, 0) is 73.2 Å². The second-order valence-electron chi connectivity index (χ2n) is 9.44.